The van der Waals surface area contributed by atoms with Crippen molar-refractivity contribution >= 4 is 11.6 Å². The first-order valence-electron chi connectivity index (χ1n) is 8.33. The van der Waals surface area contributed by atoms with E-state index in [2.05, 4.69) is 15.1 Å². The molecule has 1 saturated heterocycles. The van der Waals surface area contributed by atoms with E-state index in [0.717, 1.165) is 35.9 Å². The molecule has 0 saturated carbocycles. The Labute approximate surface area is 142 Å². The number of anilines is 1. The van der Waals surface area contributed by atoms with E-state index in [0.29, 0.717) is 13.1 Å². The second-order valence-corrected chi connectivity index (χ2v) is 6.17. The first-order valence-corrected chi connectivity index (χ1v) is 8.33. The van der Waals surface area contributed by atoms with E-state index in [1.807, 2.05) is 56.0 Å². The van der Waals surface area contributed by atoms with E-state index >= 15 is 0 Å². The SMILES string of the molecule is Cc1n[nH]c(C)c1N1CCN(C(=O)C(C)Oc2ccccc2)CC1. The Balaban J connectivity index is 1.57. The highest BCUT2D eigenvalue weighted by molar-refractivity contribution is 5.81. The van der Waals surface area contributed by atoms with E-state index in [4.69, 9.17) is 4.74 Å². The summed E-state index contributed by atoms with van der Waals surface area (Å²) in [6.07, 6.45) is -0.476. The number of rotatable bonds is 4. The summed E-state index contributed by atoms with van der Waals surface area (Å²) < 4.78 is 5.75. The molecule has 1 aromatic carbocycles. The van der Waals surface area contributed by atoms with Crippen LogP contribution in [0.25, 0.3) is 0 Å². The second kappa shape index (κ2) is 6.95. The lowest BCUT2D eigenvalue weighted by atomic mass is 10.2. The van der Waals surface area contributed by atoms with Crippen molar-refractivity contribution in [3.05, 3.63) is 41.7 Å². The zero-order chi connectivity index (χ0) is 17.1. The van der Waals surface area contributed by atoms with Crippen molar-refractivity contribution in [2.75, 3.05) is 31.1 Å². The van der Waals surface area contributed by atoms with Gasteiger partial charge in [0.25, 0.3) is 5.91 Å². The Hall–Kier alpha value is -2.50. The Morgan fingerprint density at radius 1 is 1.17 bits per heavy atom. The van der Waals surface area contributed by atoms with Gasteiger partial charge in [-0.2, -0.15) is 5.10 Å². The van der Waals surface area contributed by atoms with E-state index < -0.39 is 6.10 Å². The minimum absolute atomic E-state index is 0.0409. The molecule has 1 atom stereocenters. The lowest BCUT2D eigenvalue weighted by molar-refractivity contribution is -0.138. The molecule has 1 unspecified atom stereocenters. The molecule has 1 aliphatic heterocycles. The molecule has 24 heavy (non-hydrogen) atoms. The van der Waals surface area contributed by atoms with Crippen molar-refractivity contribution in [2.24, 2.45) is 0 Å². The molecule has 1 aliphatic rings. The highest BCUT2D eigenvalue weighted by atomic mass is 16.5. The molecule has 1 aromatic heterocycles. The number of nitrogens with one attached hydrogen (secondary N) is 1. The fourth-order valence-corrected chi connectivity index (χ4v) is 3.17. The van der Waals surface area contributed by atoms with Crippen LogP contribution in [0.5, 0.6) is 5.75 Å². The number of hydrogen-bond donors (Lipinski definition) is 1. The normalized spacial score (nSPS) is 16.1. The number of aromatic nitrogens is 2. The van der Waals surface area contributed by atoms with Gasteiger partial charge in [-0.1, -0.05) is 18.2 Å². The Kier molecular flexibility index (Phi) is 4.74. The lowest BCUT2D eigenvalue weighted by Crippen LogP contribution is -2.52. The van der Waals surface area contributed by atoms with Crippen molar-refractivity contribution in [1.29, 1.82) is 0 Å². The number of amides is 1. The van der Waals surface area contributed by atoms with Crippen LogP contribution in [0.1, 0.15) is 18.3 Å². The number of carbonyl (C=O) groups is 1. The summed E-state index contributed by atoms with van der Waals surface area (Å²) in [5.41, 5.74) is 3.25. The van der Waals surface area contributed by atoms with Crippen molar-refractivity contribution in [3.8, 4) is 5.75 Å². The highest BCUT2D eigenvalue weighted by Gasteiger charge is 2.27. The minimum atomic E-state index is -0.476. The van der Waals surface area contributed by atoms with E-state index in [1.165, 1.54) is 0 Å². The first kappa shape index (κ1) is 16.4. The lowest BCUT2D eigenvalue weighted by Gasteiger charge is -2.37. The number of carbonyl (C=O) groups excluding carboxylic acids is 1. The molecule has 0 spiro atoms. The van der Waals surface area contributed by atoms with Crippen LogP contribution in [0.3, 0.4) is 0 Å². The fraction of sp³-hybridized carbons (Fsp3) is 0.444. The van der Waals surface area contributed by atoms with Gasteiger partial charge in [-0.25, -0.2) is 0 Å². The monoisotopic (exact) mass is 328 g/mol. The predicted octanol–water partition coefficient (Wildman–Crippen LogP) is 2.14. The summed E-state index contributed by atoms with van der Waals surface area (Å²) >= 11 is 0. The van der Waals surface area contributed by atoms with Gasteiger partial charge in [0.15, 0.2) is 6.10 Å². The molecule has 0 radical (unpaired) electrons. The largest absolute Gasteiger partial charge is 0.481 e. The van der Waals surface area contributed by atoms with E-state index in [1.54, 1.807) is 0 Å². The zero-order valence-corrected chi connectivity index (χ0v) is 14.5. The van der Waals surface area contributed by atoms with Crippen molar-refractivity contribution in [3.63, 3.8) is 0 Å². The standard InChI is InChI=1S/C18H24N4O2/c1-13-17(14(2)20-19-13)21-9-11-22(12-10-21)18(23)15(3)24-16-7-5-4-6-8-16/h4-8,15H,9-12H2,1-3H3,(H,19,20). The molecule has 2 aromatic rings. The summed E-state index contributed by atoms with van der Waals surface area (Å²) in [6, 6.07) is 9.47. The van der Waals surface area contributed by atoms with E-state index in [9.17, 15) is 4.79 Å². The number of aryl methyl sites for hydroxylation is 2. The quantitative estimate of drug-likeness (QED) is 0.934. The smallest absolute Gasteiger partial charge is 0.263 e. The highest BCUT2D eigenvalue weighted by Crippen LogP contribution is 2.23. The van der Waals surface area contributed by atoms with Crippen LogP contribution >= 0.6 is 0 Å². The van der Waals surface area contributed by atoms with Crippen LogP contribution in [-0.2, 0) is 4.79 Å². The maximum absolute atomic E-state index is 12.6. The van der Waals surface area contributed by atoms with Crippen molar-refractivity contribution < 1.29 is 9.53 Å². The third kappa shape index (κ3) is 3.37. The van der Waals surface area contributed by atoms with Gasteiger partial charge in [0.2, 0.25) is 0 Å². The first-order chi connectivity index (χ1) is 11.6. The molecule has 1 amide bonds. The number of piperazine rings is 1. The van der Waals surface area contributed by atoms with Crippen molar-refractivity contribution in [2.45, 2.75) is 26.9 Å². The summed E-state index contributed by atoms with van der Waals surface area (Å²) in [7, 11) is 0. The molecule has 3 rings (SSSR count). The number of ether oxygens (including phenoxy) is 1. The van der Waals surface area contributed by atoms with Gasteiger partial charge in [0.05, 0.1) is 17.1 Å². The molecule has 0 aliphatic carbocycles. The van der Waals surface area contributed by atoms with Crippen LogP contribution in [0.4, 0.5) is 5.69 Å². The fourth-order valence-electron chi connectivity index (χ4n) is 3.17. The number of hydrogen-bond acceptors (Lipinski definition) is 4. The van der Waals surface area contributed by atoms with Gasteiger partial charge < -0.3 is 14.5 Å². The number of aromatic amines is 1. The van der Waals surface area contributed by atoms with E-state index in [-0.39, 0.29) is 5.91 Å². The summed E-state index contributed by atoms with van der Waals surface area (Å²) in [5.74, 6) is 0.765. The Morgan fingerprint density at radius 3 is 2.42 bits per heavy atom. The average molecular weight is 328 g/mol. The zero-order valence-electron chi connectivity index (χ0n) is 14.5. The Morgan fingerprint density at radius 2 is 1.83 bits per heavy atom. The number of nitrogens with zero attached hydrogens (tertiary/aromatic N) is 3. The average Bonchev–Trinajstić information content (AvgIpc) is 2.94. The predicted molar refractivity (Wildman–Crippen MR) is 93.4 cm³/mol. The van der Waals surface area contributed by atoms with Crippen LogP contribution in [-0.4, -0.2) is 53.3 Å². The maximum Gasteiger partial charge on any atom is 0.263 e. The third-order valence-electron chi connectivity index (χ3n) is 4.40. The molecular weight excluding hydrogens is 304 g/mol. The second-order valence-electron chi connectivity index (χ2n) is 6.17. The van der Waals surface area contributed by atoms with Crippen LogP contribution in [0, 0.1) is 13.8 Å². The number of H-pyrrole nitrogens is 1. The molecule has 128 valence electrons. The van der Waals surface area contributed by atoms with Gasteiger partial charge in [0.1, 0.15) is 5.75 Å². The Bertz CT molecular complexity index is 671. The minimum Gasteiger partial charge on any atom is -0.481 e. The van der Waals surface area contributed by atoms with Crippen LogP contribution < -0.4 is 9.64 Å². The van der Waals surface area contributed by atoms with Gasteiger partial charge in [0, 0.05) is 26.2 Å². The number of para-hydroxylation sites is 1. The van der Waals surface area contributed by atoms with Gasteiger partial charge in [-0.15, -0.1) is 0 Å². The molecule has 2 heterocycles. The molecular formula is C18H24N4O2. The van der Waals surface area contributed by atoms with Crippen LogP contribution in [0.15, 0.2) is 30.3 Å². The maximum atomic E-state index is 12.6. The topological polar surface area (TPSA) is 61.5 Å². The van der Waals surface area contributed by atoms with Crippen LogP contribution in [0.2, 0.25) is 0 Å². The van der Waals surface area contributed by atoms with Gasteiger partial charge in [-0.3, -0.25) is 9.89 Å². The molecule has 1 fully saturated rings. The molecule has 1 N–H and O–H groups in total. The van der Waals surface area contributed by atoms with Gasteiger partial charge >= 0.3 is 0 Å². The summed E-state index contributed by atoms with van der Waals surface area (Å²) in [4.78, 5) is 16.8. The third-order valence-corrected chi connectivity index (χ3v) is 4.40. The summed E-state index contributed by atoms with van der Waals surface area (Å²) in [6.45, 7) is 8.87. The summed E-state index contributed by atoms with van der Waals surface area (Å²) in [5, 5.41) is 7.27. The number of benzene rings is 1. The van der Waals surface area contributed by atoms with Gasteiger partial charge in [-0.05, 0) is 32.9 Å². The van der Waals surface area contributed by atoms with Crippen molar-refractivity contribution in [1.82, 2.24) is 15.1 Å². The molecule has 6 nitrogen and oxygen atoms in total. The molecule has 0 bridgehead atoms. The molecule has 6 heteroatoms.